The first kappa shape index (κ1) is 58.5. The molecule has 0 N–H and O–H groups in total. The van der Waals surface area contributed by atoms with Crippen molar-refractivity contribution in [3.8, 4) is 39.9 Å². The summed E-state index contributed by atoms with van der Waals surface area (Å²) in [6.45, 7) is 30.7. The minimum Gasteiger partial charge on any atom is -0.399 e. The summed E-state index contributed by atoms with van der Waals surface area (Å²) < 4.78 is 22.3. The number of fused-ring (bicyclic) bond motifs is 12. The SMILES string of the molecule is Brc1cccc(-n2c3ccccc3c3cccnc32)c1.[C-]#[N+]c1cc(B2OC(C)(C)C(C)(C)O2)cc(-n2c3ccccc3c3cc([N+]#[C-])ccc32)c1.[C-]#[N+]c1ccc2c(c1)c1ccccc1n2-c1cc(C#N)cc(-c2cccc(-n3c4ccccc4c4cccnc43)c2)c1. The second-order valence-electron chi connectivity index (χ2n) is 24.2. The molecule has 14 heteroatoms. The normalized spacial score (nSPS) is 13.2. The predicted octanol–water partition coefficient (Wildman–Crippen LogP) is 20.5. The maximum atomic E-state index is 10.1. The fraction of sp³-hybridized carbons (Fsp3) is 0.0750. The van der Waals surface area contributed by atoms with Gasteiger partial charge < -0.3 is 18.4 Å². The Balaban J connectivity index is 0.000000124. The zero-order valence-corrected chi connectivity index (χ0v) is 53.1. The molecule has 0 spiro atoms. The first-order chi connectivity index (χ1) is 45.8. The van der Waals surface area contributed by atoms with Gasteiger partial charge in [0, 0.05) is 71.9 Å². The van der Waals surface area contributed by atoms with E-state index in [1.807, 2.05) is 155 Å². The molecule has 94 heavy (non-hydrogen) atoms. The average molecular weight is 1280 g/mol. The van der Waals surface area contributed by atoms with E-state index in [0.29, 0.717) is 22.6 Å². The van der Waals surface area contributed by atoms with Gasteiger partial charge in [0.2, 0.25) is 0 Å². The van der Waals surface area contributed by atoms with Crippen LogP contribution >= 0.6 is 15.9 Å². The van der Waals surface area contributed by atoms with E-state index in [1.54, 1.807) is 0 Å². The van der Waals surface area contributed by atoms with E-state index in [0.717, 1.165) is 115 Å². The Labute approximate surface area is 550 Å². The van der Waals surface area contributed by atoms with Crippen molar-refractivity contribution in [2.45, 2.75) is 38.9 Å². The van der Waals surface area contributed by atoms with Crippen LogP contribution in [-0.4, -0.2) is 46.6 Å². The Kier molecular flexibility index (Phi) is 14.6. The van der Waals surface area contributed by atoms with E-state index in [4.69, 9.17) is 34.0 Å². The van der Waals surface area contributed by atoms with Crippen molar-refractivity contribution in [2.24, 2.45) is 0 Å². The molecule has 1 aliphatic heterocycles. The van der Waals surface area contributed by atoms with Crippen LogP contribution in [0, 0.1) is 31.0 Å². The average Bonchev–Trinajstić information content (AvgIpc) is 1.62. The molecule has 1 aliphatic rings. The van der Waals surface area contributed by atoms with Crippen molar-refractivity contribution < 1.29 is 9.31 Å². The van der Waals surface area contributed by atoms with Crippen LogP contribution in [0.25, 0.3) is 136 Å². The lowest BCUT2D eigenvalue weighted by atomic mass is 9.78. The highest BCUT2D eigenvalue weighted by molar-refractivity contribution is 9.10. The summed E-state index contributed by atoms with van der Waals surface area (Å²) >= 11 is 3.54. The van der Waals surface area contributed by atoms with E-state index in [-0.39, 0.29) is 0 Å². The van der Waals surface area contributed by atoms with Crippen molar-refractivity contribution in [1.29, 1.82) is 5.26 Å². The van der Waals surface area contributed by atoms with Gasteiger partial charge in [-0.25, -0.2) is 24.5 Å². The minimum atomic E-state index is -0.553. The molecule has 0 amide bonds. The first-order valence-electron chi connectivity index (χ1n) is 30.6. The van der Waals surface area contributed by atoms with Gasteiger partial charge in [0.15, 0.2) is 17.1 Å². The van der Waals surface area contributed by atoms with E-state index in [1.165, 1.54) is 16.3 Å². The van der Waals surface area contributed by atoms with E-state index in [2.05, 4.69) is 187 Å². The summed E-state index contributed by atoms with van der Waals surface area (Å²) in [5.74, 6) is 0. The molecule has 0 bridgehead atoms. The smallest absolute Gasteiger partial charge is 0.399 e. The van der Waals surface area contributed by atoms with Crippen molar-refractivity contribution in [1.82, 2.24) is 28.2 Å². The molecule has 0 atom stereocenters. The number of halogens is 1. The quantitative estimate of drug-likeness (QED) is 0.122. The van der Waals surface area contributed by atoms with Gasteiger partial charge in [0.25, 0.3) is 0 Å². The third-order valence-electron chi connectivity index (χ3n) is 18.1. The maximum Gasteiger partial charge on any atom is 0.493 e. The Hall–Kier alpha value is -11.9. The molecule has 1 fully saturated rings. The van der Waals surface area contributed by atoms with Gasteiger partial charge in [-0.15, -0.1) is 0 Å². The first-order valence-corrected chi connectivity index (χ1v) is 31.4. The van der Waals surface area contributed by atoms with Crippen LogP contribution in [0.1, 0.15) is 33.3 Å². The molecular weight excluding hydrogens is 1220 g/mol. The summed E-state index contributed by atoms with van der Waals surface area (Å²) in [6, 6.07) is 83.7. The van der Waals surface area contributed by atoms with Gasteiger partial charge in [0.05, 0.1) is 75.7 Å². The molecule has 446 valence electrons. The molecule has 6 aromatic heterocycles. The van der Waals surface area contributed by atoms with Crippen LogP contribution in [0.3, 0.4) is 0 Å². The summed E-state index contributed by atoms with van der Waals surface area (Å²) in [5.41, 5.74) is 16.2. The van der Waals surface area contributed by atoms with Gasteiger partial charge in [-0.2, -0.15) is 5.26 Å². The van der Waals surface area contributed by atoms with Crippen molar-refractivity contribution in [3.63, 3.8) is 0 Å². The Morgan fingerprint density at radius 1 is 0.394 bits per heavy atom. The van der Waals surface area contributed by atoms with Crippen LogP contribution in [0.2, 0.25) is 0 Å². The highest BCUT2D eigenvalue weighted by Crippen LogP contribution is 2.41. The number of pyridine rings is 2. The maximum absolute atomic E-state index is 10.1. The third-order valence-corrected chi connectivity index (χ3v) is 18.6. The van der Waals surface area contributed by atoms with Gasteiger partial charge in [-0.3, -0.25) is 9.13 Å². The Morgan fingerprint density at radius 2 is 0.830 bits per heavy atom. The lowest BCUT2D eigenvalue weighted by Crippen LogP contribution is -2.41. The van der Waals surface area contributed by atoms with Crippen LogP contribution in [0.4, 0.5) is 17.1 Å². The molecule has 16 aromatic rings. The summed E-state index contributed by atoms with van der Waals surface area (Å²) in [7, 11) is -0.553. The van der Waals surface area contributed by atoms with E-state index < -0.39 is 18.3 Å². The van der Waals surface area contributed by atoms with Crippen molar-refractivity contribution >= 4 is 133 Å². The largest absolute Gasteiger partial charge is 0.493 e. The molecule has 0 unspecified atom stereocenters. The number of nitriles is 1. The van der Waals surface area contributed by atoms with E-state index >= 15 is 0 Å². The molecular formula is C80H54BBrN10O2. The van der Waals surface area contributed by atoms with Gasteiger partial charge in [-0.1, -0.05) is 125 Å². The van der Waals surface area contributed by atoms with Crippen molar-refractivity contribution in [3.05, 3.63) is 299 Å². The Bertz CT molecular complexity index is 5820. The van der Waals surface area contributed by atoms with Crippen LogP contribution < -0.4 is 5.46 Å². The number of nitrogens with zero attached hydrogens (tertiary/aromatic N) is 10. The molecule has 17 rings (SSSR count). The number of rotatable bonds is 6. The molecule has 0 saturated carbocycles. The number of hydrogen-bond donors (Lipinski definition) is 0. The summed E-state index contributed by atoms with van der Waals surface area (Å²) in [5, 5.41) is 18.9. The summed E-state index contributed by atoms with van der Waals surface area (Å²) in [6.07, 6.45) is 3.67. The zero-order valence-electron chi connectivity index (χ0n) is 51.5. The molecule has 12 nitrogen and oxygen atoms in total. The highest BCUT2D eigenvalue weighted by Gasteiger charge is 2.52. The monoisotopic (exact) mass is 1280 g/mol. The van der Waals surface area contributed by atoms with Gasteiger partial charge in [0.1, 0.15) is 11.3 Å². The topological polar surface area (TPSA) is 101 Å². The van der Waals surface area contributed by atoms with Crippen LogP contribution in [0.5, 0.6) is 0 Å². The van der Waals surface area contributed by atoms with E-state index in [9.17, 15) is 5.26 Å². The molecule has 7 heterocycles. The Morgan fingerprint density at radius 3 is 1.33 bits per heavy atom. The fourth-order valence-corrected chi connectivity index (χ4v) is 13.5. The van der Waals surface area contributed by atoms with Crippen molar-refractivity contribution in [2.75, 3.05) is 0 Å². The number of hydrogen-bond acceptors (Lipinski definition) is 5. The standard InChI is InChI=1S/C37H21N5.C26H22BN3O2.C17H11BrN2/c1-39-27-15-16-36-33(22-27)31-11-3-4-13-34(31)41(36)29-19-24(23-38)18-26(21-29)25-8-6-9-28(20-25)42-35-14-5-2-10-30(35)32-12-7-17-40-37(32)42;1-25(2)26(3,4)32-27(31-25)17-13-19(29-6)15-20(14-17)30-23-10-8-7-9-21(23)22-16-18(28-5)11-12-24(22)30;18-12-5-3-6-13(11-12)20-16-9-2-1-7-14(16)15-8-4-10-19-17(15)20/h2-22H;7-16H,1-4H3;1-11H. The van der Waals surface area contributed by atoms with Gasteiger partial charge in [-0.05, 0) is 189 Å². The fourth-order valence-electron chi connectivity index (χ4n) is 13.1. The third kappa shape index (κ3) is 10.1. The molecule has 0 aliphatic carbocycles. The second-order valence-corrected chi connectivity index (χ2v) is 25.1. The molecule has 10 aromatic carbocycles. The predicted molar refractivity (Wildman–Crippen MR) is 385 cm³/mol. The molecule has 0 radical (unpaired) electrons. The van der Waals surface area contributed by atoms with Gasteiger partial charge >= 0.3 is 7.12 Å². The zero-order chi connectivity index (χ0) is 64.4. The van der Waals surface area contributed by atoms with Crippen LogP contribution in [-0.2, 0) is 9.31 Å². The minimum absolute atomic E-state index is 0.463. The van der Waals surface area contributed by atoms with Crippen LogP contribution in [0.15, 0.2) is 260 Å². The highest BCUT2D eigenvalue weighted by atomic mass is 79.9. The number of aromatic nitrogens is 6. The number of benzene rings is 10. The number of para-hydroxylation sites is 4. The lowest BCUT2D eigenvalue weighted by Gasteiger charge is -2.32. The second kappa shape index (κ2) is 23.4. The summed E-state index contributed by atoms with van der Waals surface area (Å²) in [4.78, 5) is 20.3. The lowest BCUT2D eigenvalue weighted by molar-refractivity contribution is 0.00578. The molecule has 1 saturated heterocycles.